The van der Waals surface area contributed by atoms with Crippen LogP contribution in [0.25, 0.3) is 0 Å². The number of amides is 1. The van der Waals surface area contributed by atoms with Crippen LogP contribution < -0.4 is 5.32 Å². The molecule has 0 saturated heterocycles. The van der Waals surface area contributed by atoms with Crippen LogP contribution in [0.2, 0.25) is 0 Å². The summed E-state index contributed by atoms with van der Waals surface area (Å²) in [7, 11) is -2.07. The molecule has 1 aromatic carbocycles. The number of carbonyl (C=O) groups excluding carboxylic acids is 1. The van der Waals surface area contributed by atoms with Gasteiger partial charge in [0.25, 0.3) is 5.91 Å². The van der Waals surface area contributed by atoms with Gasteiger partial charge in [-0.15, -0.1) is 11.3 Å². The first kappa shape index (κ1) is 16.7. The van der Waals surface area contributed by atoms with Crippen LogP contribution >= 0.6 is 11.3 Å². The highest BCUT2D eigenvalue weighted by molar-refractivity contribution is 7.89. The van der Waals surface area contributed by atoms with E-state index in [9.17, 15) is 13.2 Å². The van der Waals surface area contributed by atoms with E-state index in [0.717, 1.165) is 16.9 Å². The van der Waals surface area contributed by atoms with Crippen molar-refractivity contribution >= 4 is 27.3 Å². The summed E-state index contributed by atoms with van der Waals surface area (Å²) in [6.45, 7) is 2.61. The molecule has 0 aliphatic rings. The molecule has 0 aliphatic carbocycles. The van der Waals surface area contributed by atoms with E-state index in [0.29, 0.717) is 11.4 Å². The van der Waals surface area contributed by atoms with Gasteiger partial charge >= 0.3 is 0 Å². The van der Waals surface area contributed by atoms with Crippen molar-refractivity contribution in [2.75, 3.05) is 13.6 Å². The van der Waals surface area contributed by atoms with Crippen molar-refractivity contribution in [2.45, 2.75) is 18.4 Å². The maximum absolute atomic E-state index is 12.5. The number of rotatable bonds is 6. The van der Waals surface area contributed by atoms with Crippen molar-refractivity contribution in [1.29, 1.82) is 0 Å². The molecule has 0 saturated carbocycles. The van der Waals surface area contributed by atoms with Gasteiger partial charge in [-0.2, -0.15) is 4.31 Å². The van der Waals surface area contributed by atoms with Crippen molar-refractivity contribution in [3.8, 4) is 0 Å². The number of carbonyl (C=O) groups is 1. The highest BCUT2D eigenvalue weighted by Gasteiger charge is 2.23. The Labute approximate surface area is 134 Å². The molecule has 2 rings (SSSR count). The summed E-state index contributed by atoms with van der Waals surface area (Å²) < 4.78 is 26.3. The molecule has 0 aliphatic heterocycles. The zero-order chi connectivity index (χ0) is 16.2. The Morgan fingerprint density at radius 2 is 1.95 bits per heavy atom. The number of nitrogens with one attached hydrogen (secondary N) is 1. The molecule has 7 heteroatoms. The van der Waals surface area contributed by atoms with Gasteiger partial charge in [-0.05, 0) is 18.6 Å². The Morgan fingerprint density at radius 1 is 1.27 bits per heavy atom. The highest BCUT2D eigenvalue weighted by atomic mass is 32.2. The minimum Gasteiger partial charge on any atom is -0.352 e. The molecular formula is C15H18N2O3S2. The molecule has 2 aromatic rings. The van der Waals surface area contributed by atoms with Crippen molar-refractivity contribution in [3.05, 3.63) is 52.2 Å². The third-order valence-corrected chi connectivity index (χ3v) is 5.95. The molecule has 5 nitrogen and oxygen atoms in total. The molecule has 0 spiro atoms. The Morgan fingerprint density at radius 3 is 2.59 bits per heavy atom. The lowest BCUT2D eigenvalue weighted by Crippen LogP contribution is -2.26. The molecule has 0 radical (unpaired) electrons. The minimum absolute atomic E-state index is 0.150. The second-order valence-electron chi connectivity index (χ2n) is 4.75. The van der Waals surface area contributed by atoms with Gasteiger partial charge < -0.3 is 5.32 Å². The molecule has 1 N–H and O–H groups in total. The summed E-state index contributed by atoms with van der Waals surface area (Å²) in [4.78, 5) is 12.3. The van der Waals surface area contributed by atoms with E-state index < -0.39 is 10.0 Å². The van der Waals surface area contributed by atoms with E-state index in [1.807, 2.05) is 37.3 Å². The van der Waals surface area contributed by atoms with Crippen LogP contribution in [0, 0.1) is 0 Å². The van der Waals surface area contributed by atoms with E-state index >= 15 is 0 Å². The monoisotopic (exact) mass is 338 g/mol. The third kappa shape index (κ3) is 3.73. The van der Waals surface area contributed by atoms with Crippen LogP contribution in [0.1, 0.15) is 22.2 Å². The Balaban J connectivity index is 2.17. The normalized spacial score (nSPS) is 11.6. The van der Waals surface area contributed by atoms with E-state index in [4.69, 9.17) is 0 Å². The van der Waals surface area contributed by atoms with Crippen molar-refractivity contribution < 1.29 is 13.2 Å². The summed E-state index contributed by atoms with van der Waals surface area (Å²) >= 11 is 1.13. The Bertz CT molecular complexity index is 739. The molecule has 0 fully saturated rings. The standard InChI is InChI=1S/C15H18N2O3S2/c1-3-16-15(18)14-9-13(11-21-14)22(19,20)17(2)10-12-7-5-4-6-8-12/h4-9,11H,3,10H2,1-2H3,(H,16,18). The first-order chi connectivity index (χ1) is 10.4. The van der Waals surface area contributed by atoms with Gasteiger partial charge in [0.2, 0.25) is 10.0 Å². The van der Waals surface area contributed by atoms with Gasteiger partial charge in [0.1, 0.15) is 0 Å². The van der Waals surface area contributed by atoms with Crippen LogP contribution in [-0.4, -0.2) is 32.2 Å². The summed E-state index contributed by atoms with van der Waals surface area (Å²) in [5.41, 5.74) is 0.910. The second kappa shape index (κ2) is 7.04. The molecule has 22 heavy (non-hydrogen) atoms. The van der Waals surface area contributed by atoms with E-state index in [2.05, 4.69) is 5.32 Å². The molecule has 0 unspecified atom stereocenters. The molecule has 1 heterocycles. The van der Waals surface area contributed by atoms with Crippen molar-refractivity contribution in [1.82, 2.24) is 9.62 Å². The second-order valence-corrected chi connectivity index (χ2v) is 7.71. The van der Waals surface area contributed by atoms with Crippen LogP contribution in [0.15, 0.2) is 46.7 Å². The SMILES string of the molecule is CCNC(=O)c1cc(S(=O)(=O)N(C)Cc2ccccc2)cs1. The zero-order valence-corrected chi connectivity index (χ0v) is 14.1. The number of sulfonamides is 1. The largest absolute Gasteiger partial charge is 0.352 e. The quantitative estimate of drug-likeness (QED) is 0.879. The maximum atomic E-state index is 12.5. The average molecular weight is 338 g/mol. The lowest BCUT2D eigenvalue weighted by Gasteiger charge is -2.16. The topological polar surface area (TPSA) is 66.5 Å². The van der Waals surface area contributed by atoms with Crippen LogP contribution in [0.4, 0.5) is 0 Å². The number of hydrogen-bond acceptors (Lipinski definition) is 4. The van der Waals surface area contributed by atoms with E-state index in [-0.39, 0.29) is 17.3 Å². The molecule has 118 valence electrons. The van der Waals surface area contributed by atoms with E-state index in [1.54, 1.807) is 0 Å². The smallest absolute Gasteiger partial charge is 0.261 e. The molecule has 1 amide bonds. The summed E-state index contributed by atoms with van der Waals surface area (Å²) in [5.74, 6) is -0.250. The van der Waals surface area contributed by atoms with Gasteiger partial charge in [-0.25, -0.2) is 8.42 Å². The van der Waals surface area contributed by atoms with Crippen LogP contribution in [-0.2, 0) is 16.6 Å². The number of benzene rings is 1. The number of thiophene rings is 1. The summed E-state index contributed by atoms with van der Waals surface area (Å²) in [6.07, 6.45) is 0. The fraction of sp³-hybridized carbons (Fsp3) is 0.267. The van der Waals surface area contributed by atoms with Crippen LogP contribution in [0.5, 0.6) is 0 Å². The lowest BCUT2D eigenvalue weighted by molar-refractivity contribution is 0.0959. The van der Waals surface area contributed by atoms with Gasteiger partial charge in [0.05, 0.1) is 9.77 Å². The number of hydrogen-bond donors (Lipinski definition) is 1. The molecule has 0 atom stereocenters. The predicted octanol–water partition coefficient (Wildman–Crippen LogP) is 2.32. The molecular weight excluding hydrogens is 320 g/mol. The lowest BCUT2D eigenvalue weighted by atomic mass is 10.2. The Kier molecular flexibility index (Phi) is 5.33. The first-order valence-electron chi connectivity index (χ1n) is 6.82. The maximum Gasteiger partial charge on any atom is 0.261 e. The summed E-state index contributed by atoms with van der Waals surface area (Å²) in [6, 6.07) is 10.8. The number of nitrogens with zero attached hydrogens (tertiary/aromatic N) is 1. The fourth-order valence-corrected chi connectivity index (χ4v) is 4.26. The van der Waals surface area contributed by atoms with Gasteiger partial charge in [-0.3, -0.25) is 4.79 Å². The third-order valence-electron chi connectivity index (χ3n) is 3.09. The fourth-order valence-electron chi connectivity index (χ4n) is 1.93. The van der Waals surface area contributed by atoms with Crippen molar-refractivity contribution in [2.24, 2.45) is 0 Å². The highest BCUT2D eigenvalue weighted by Crippen LogP contribution is 2.23. The molecule has 1 aromatic heterocycles. The predicted molar refractivity (Wildman–Crippen MR) is 87.4 cm³/mol. The average Bonchev–Trinajstić information content (AvgIpc) is 2.99. The van der Waals surface area contributed by atoms with Gasteiger partial charge in [0.15, 0.2) is 0 Å². The van der Waals surface area contributed by atoms with Crippen LogP contribution in [0.3, 0.4) is 0 Å². The first-order valence-corrected chi connectivity index (χ1v) is 9.14. The Hall–Kier alpha value is -1.70. The summed E-state index contributed by atoms with van der Waals surface area (Å²) in [5, 5.41) is 4.16. The molecule has 0 bridgehead atoms. The van der Waals surface area contributed by atoms with Gasteiger partial charge in [0, 0.05) is 25.5 Å². The van der Waals surface area contributed by atoms with E-state index in [1.165, 1.54) is 22.8 Å². The van der Waals surface area contributed by atoms with Crippen molar-refractivity contribution in [3.63, 3.8) is 0 Å². The minimum atomic E-state index is -3.60. The van der Waals surface area contributed by atoms with Gasteiger partial charge in [-0.1, -0.05) is 30.3 Å². The zero-order valence-electron chi connectivity index (χ0n) is 12.4.